The Labute approximate surface area is 228 Å². The highest BCUT2D eigenvalue weighted by Crippen LogP contribution is 2.29. The zero-order chi connectivity index (χ0) is 27.1. The van der Waals surface area contributed by atoms with Crippen molar-refractivity contribution in [1.82, 2.24) is 19.4 Å². The molecule has 5 nitrogen and oxygen atoms in total. The van der Waals surface area contributed by atoms with Gasteiger partial charge in [0.25, 0.3) is 5.91 Å². The number of carbonyl (C=O) groups is 1. The highest BCUT2D eigenvalue weighted by molar-refractivity contribution is 5.95. The van der Waals surface area contributed by atoms with Crippen LogP contribution in [-0.4, -0.2) is 58.0 Å². The zero-order valence-corrected chi connectivity index (χ0v) is 23.8. The Balaban J connectivity index is 1.64. The van der Waals surface area contributed by atoms with Crippen molar-refractivity contribution in [2.45, 2.75) is 72.6 Å². The quantitative estimate of drug-likeness (QED) is 0.256. The molecule has 3 aromatic rings. The van der Waals surface area contributed by atoms with Crippen LogP contribution in [-0.2, 0) is 6.42 Å². The fraction of sp³-hybridized carbons (Fsp3) is 0.562. The second-order valence-electron chi connectivity index (χ2n) is 11.7. The van der Waals surface area contributed by atoms with Gasteiger partial charge in [0.2, 0.25) is 0 Å². The Morgan fingerprint density at radius 3 is 2.26 bits per heavy atom. The van der Waals surface area contributed by atoms with E-state index in [1.807, 2.05) is 27.7 Å². The van der Waals surface area contributed by atoms with Gasteiger partial charge in [0, 0.05) is 36.0 Å². The number of likely N-dealkylation sites (tertiary alicyclic amines) is 1. The van der Waals surface area contributed by atoms with Crippen LogP contribution in [0.2, 0.25) is 0 Å². The van der Waals surface area contributed by atoms with Gasteiger partial charge in [0.05, 0.1) is 11.2 Å². The number of aryl methyl sites for hydroxylation is 1. The Kier molecular flexibility index (Phi) is 9.95. The van der Waals surface area contributed by atoms with E-state index in [1.165, 1.54) is 44.5 Å². The maximum atomic E-state index is 13.7. The standard InChI is InChI=1S/C32H45FN4O/c1-24(2)14-20-36(21-15-25(3)4)32(38)27-16-22-37-30(23-27)29(9-8-19-35-17-6-5-7-18-35)31(34-37)26-10-12-28(33)13-11-26/h10-13,16,22-25H,5-9,14-15,17-21H2,1-4H3. The van der Waals surface area contributed by atoms with E-state index in [1.54, 1.807) is 12.1 Å². The number of carbonyl (C=O) groups excluding carboxylic acids is 1. The lowest BCUT2D eigenvalue weighted by Gasteiger charge is -2.26. The molecular formula is C32H45FN4O. The number of benzene rings is 1. The molecule has 0 saturated carbocycles. The van der Waals surface area contributed by atoms with Crippen LogP contribution in [0.15, 0.2) is 42.6 Å². The van der Waals surface area contributed by atoms with E-state index >= 15 is 0 Å². The summed E-state index contributed by atoms with van der Waals surface area (Å²) in [5, 5.41) is 4.90. The predicted octanol–water partition coefficient (Wildman–Crippen LogP) is 7.09. The number of amides is 1. The molecule has 0 bridgehead atoms. The second kappa shape index (κ2) is 13.4. The summed E-state index contributed by atoms with van der Waals surface area (Å²) >= 11 is 0. The van der Waals surface area contributed by atoms with E-state index in [0.29, 0.717) is 17.4 Å². The first-order valence-electron chi connectivity index (χ1n) is 14.6. The summed E-state index contributed by atoms with van der Waals surface area (Å²) in [7, 11) is 0. The van der Waals surface area contributed by atoms with Gasteiger partial charge in [-0.05, 0) is 106 Å². The molecule has 38 heavy (non-hydrogen) atoms. The SMILES string of the molecule is CC(C)CCN(CCC(C)C)C(=O)c1ccn2nc(-c3ccc(F)cc3)c(CCCN3CCCCC3)c2c1. The van der Waals surface area contributed by atoms with Crippen LogP contribution in [0, 0.1) is 17.7 Å². The molecular weight excluding hydrogens is 475 g/mol. The molecule has 3 heterocycles. The highest BCUT2D eigenvalue weighted by atomic mass is 19.1. The molecule has 4 rings (SSSR count). The highest BCUT2D eigenvalue weighted by Gasteiger charge is 2.21. The van der Waals surface area contributed by atoms with Gasteiger partial charge in [-0.25, -0.2) is 8.91 Å². The molecule has 1 aliphatic rings. The fourth-order valence-corrected chi connectivity index (χ4v) is 5.30. The van der Waals surface area contributed by atoms with Crippen LogP contribution >= 0.6 is 0 Å². The van der Waals surface area contributed by atoms with Gasteiger partial charge in [0.1, 0.15) is 5.82 Å². The fourth-order valence-electron chi connectivity index (χ4n) is 5.30. The number of rotatable bonds is 12. The van der Waals surface area contributed by atoms with Crippen molar-refractivity contribution in [1.29, 1.82) is 0 Å². The number of fused-ring (bicyclic) bond motifs is 1. The average Bonchev–Trinajstić information content (AvgIpc) is 3.27. The third-order valence-corrected chi connectivity index (χ3v) is 7.69. The van der Waals surface area contributed by atoms with Crippen LogP contribution in [0.3, 0.4) is 0 Å². The molecule has 1 aliphatic heterocycles. The summed E-state index contributed by atoms with van der Waals surface area (Å²) in [5.74, 6) is 0.940. The number of hydrogen-bond donors (Lipinski definition) is 0. The number of hydrogen-bond acceptors (Lipinski definition) is 3. The van der Waals surface area contributed by atoms with E-state index in [9.17, 15) is 9.18 Å². The van der Waals surface area contributed by atoms with Crippen molar-refractivity contribution in [2.24, 2.45) is 11.8 Å². The maximum absolute atomic E-state index is 13.7. The first-order chi connectivity index (χ1) is 18.3. The van der Waals surface area contributed by atoms with Crippen LogP contribution in [0.1, 0.15) is 82.1 Å². The summed E-state index contributed by atoms with van der Waals surface area (Å²) in [6, 6.07) is 10.5. The van der Waals surface area contributed by atoms with Gasteiger partial charge >= 0.3 is 0 Å². The second-order valence-corrected chi connectivity index (χ2v) is 11.7. The zero-order valence-electron chi connectivity index (χ0n) is 23.8. The van der Waals surface area contributed by atoms with Gasteiger partial charge in [-0.2, -0.15) is 5.10 Å². The van der Waals surface area contributed by atoms with Crippen LogP contribution in [0.5, 0.6) is 0 Å². The number of halogens is 1. The molecule has 0 aliphatic carbocycles. The molecule has 206 valence electrons. The van der Waals surface area contributed by atoms with E-state index < -0.39 is 0 Å². The molecule has 0 N–H and O–H groups in total. The van der Waals surface area contributed by atoms with Gasteiger partial charge in [-0.1, -0.05) is 34.1 Å². The average molecular weight is 521 g/mol. The summed E-state index contributed by atoms with van der Waals surface area (Å²) in [5.41, 5.74) is 4.62. The van der Waals surface area contributed by atoms with E-state index in [-0.39, 0.29) is 11.7 Å². The lowest BCUT2D eigenvalue weighted by Crippen LogP contribution is -2.34. The molecule has 1 aromatic carbocycles. The van der Waals surface area contributed by atoms with E-state index in [0.717, 1.165) is 67.7 Å². The largest absolute Gasteiger partial charge is 0.339 e. The Hall–Kier alpha value is -2.73. The lowest BCUT2D eigenvalue weighted by atomic mass is 10.0. The van der Waals surface area contributed by atoms with Gasteiger partial charge < -0.3 is 9.80 Å². The van der Waals surface area contributed by atoms with Gasteiger partial charge in [0.15, 0.2) is 0 Å². The first-order valence-corrected chi connectivity index (χ1v) is 14.6. The Morgan fingerprint density at radius 1 is 0.974 bits per heavy atom. The van der Waals surface area contributed by atoms with Crippen LogP contribution in [0.25, 0.3) is 16.8 Å². The maximum Gasteiger partial charge on any atom is 0.253 e. The predicted molar refractivity (Wildman–Crippen MR) is 154 cm³/mol. The molecule has 0 radical (unpaired) electrons. The summed E-state index contributed by atoms with van der Waals surface area (Å²) in [6.45, 7) is 13.8. The molecule has 0 unspecified atom stereocenters. The third kappa shape index (κ3) is 7.43. The first kappa shape index (κ1) is 28.3. The van der Waals surface area contributed by atoms with Crippen molar-refractivity contribution in [3.8, 4) is 11.3 Å². The van der Waals surface area contributed by atoms with Crippen LogP contribution in [0.4, 0.5) is 4.39 Å². The number of aromatic nitrogens is 2. The minimum Gasteiger partial charge on any atom is -0.339 e. The van der Waals surface area contributed by atoms with Crippen molar-refractivity contribution >= 4 is 11.4 Å². The van der Waals surface area contributed by atoms with Gasteiger partial charge in [-0.15, -0.1) is 0 Å². The number of piperidine rings is 1. The van der Waals surface area contributed by atoms with Crippen LogP contribution < -0.4 is 0 Å². The number of pyridine rings is 1. The Bertz CT molecular complexity index is 1170. The Morgan fingerprint density at radius 2 is 1.63 bits per heavy atom. The summed E-state index contributed by atoms with van der Waals surface area (Å²) in [4.78, 5) is 18.3. The molecule has 6 heteroatoms. The van der Waals surface area contributed by atoms with Crippen molar-refractivity contribution in [2.75, 3.05) is 32.7 Å². The van der Waals surface area contributed by atoms with E-state index in [4.69, 9.17) is 5.10 Å². The summed E-state index contributed by atoms with van der Waals surface area (Å²) in [6.07, 6.45) is 9.70. The van der Waals surface area contributed by atoms with Crippen molar-refractivity contribution in [3.05, 3.63) is 59.5 Å². The van der Waals surface area contributed by atoms with E-state index in [2.05, 4.69) is 32.6 Å². The molecule has 1 amide bonds. The minimum atomic E-state index is -0.250. The summed E-state index contributed by atoms with van der Waals surface area (Å²) < 4.78 is 15.6. The molecule has 0 spiro atoms. The lowest BCUT2D eigenvalue weighted by molar-refractivity contribution is 0.0741. The number of nitrogens with zero attached hydrogens (tertiary/aromatic N) is 4. The molecule has 1 saturated heterocycles. The molecule has 2 aromatic heterocycles. The van der Waals surface area contributed by atoms with Crippen molar-refractivity contribution < 1.29 is 9.18 Å². The minimum absolute atomic E-state index is 0.0950. The van der Waals surface area contributed by atoms with Gasteiger partial charge in [-0.3, -0.25) is 4.79 Å². The van der Waals surface area contributed by atoms with Crippen molar-refractivity contribution in [3.63, 3.8) is 0 Å². The molecule has 1 fully saturated rings. The third-order valence-electron chi connectivity index (χ3n) is 7.69. The monoisotopic (exact) mass is 520 g/mol. The topological polar surface area (TPSA) is 40.9 Å². The molecule has 0 atom stereocenters. The normalized spacial score (nSPS) is 14.6. The smallest absolute Gasteiger partial charge is 0.253 e.